The Morgan fingerprint density at radius 1 is 1.46 bits per heavy atom. The van der Waals surface area contributed by atoms with E-state index in [0.29, 0.717) is 5.92 Å². The predicted molar refractivity (Wildman–Crippen MR) is 52.3 cm³/mol. The molecule has 1 aromatic heterocycles. The van der Waals surface area contributed by atoms with E-state index in [9.17, 15) is 0 Å². The van der Waals surface area contributed by atoms with Crippen LogP contribution < -0.4 is 5.73 Å². The minimum atomic E-state index is 0.164. The average Bonchev–Trinajstić information content (AvgIpc) is 2.52. The molecule has 3 N–H and O–H groups in total. The Balaban J connectivity index is 2.53. The van der Waals surface area contributed by atoms with Crippen LogP contribution in [0.1, 0.15) is 32.4 Å². The van der Waals surface area contributed by atoms with E-state index < -0.39 is 0 Å². The second-order valence-corrected chi connectivity index (χ2v) is 3.66. The maximum atomic E-state index is 5.91. The second kappa shape index (κ2) is 4.37. The summed E-state index contributed by atoms with van der Waals surface area (Å²) in [6, 6.07) is 0.164. The molecular formula is C9H18N4. The largest absolute Gasteiger partial charge is 0.327 e. The number of aromatic amines is 1. The van der Waals surface area contributed by atoms with E-state index >= 15 is 0 Å². The summed E-state index contributed by atoms with van der Waals surface area (Å²) in [5.41, 5.74) is 5.91. The topological polar surface area (TPSA) is 67.6 Å². The number of nitrogens with two attached hydrogens (primary N) is 1. The van der Waals surface area contributed by atoms with Gasteiger partial charge in [-0.15, -0.1) is 0 Å². The van der Waals surface area contributed by atoms with Gasteiger partial charge in [0.1, 0.15) is 11.6 Å². The Hall–Kier alpha value is -0.900. The summed E-state index contributed by atoms with van der Waals surface area (Å²) in [6.07, 6.45) is 1.65. The van der Waals surface area contributed by atoms with Gasteiger partial charge >= 0.3 is 0 Å². The van der Waals surface area contributed by atoms with Crippen LogP contribution in [0.3, 0.4) is 0 Å². The van der Waals surface area contributed by atoms with Crippen molar-refractivity contribution < 1.29 is 0 Å². The molecule has 0 saturated heterocycles. The van der Waals surface area contributed by atoms with Gasteiger partial charge in [0.15, 0.2) is 0 Å². The van der Waals surface area contributed by atoms with Gasteiger partial charge in [0, 0.05) is 18.9 Å². The highest BCUT2D eigenvalue weighted by Crippen LogP contribution is 2.04. The maximum absolute atomic E-state index is 5.91. The first-order valence-corrected chi connectivity index (χ1v) is 4.79. The molecule has 0 radical (unpaired) electrons. The lowest BCUT2D eigenvalue weighted by atomic mass is 10.0. The summed E-state index contributed by atoms with van der Waals surface area (Å²) in [7, 11) is 0. The molecule has 0 bridgehead atoms. The number of hydrogen-bond donors (Lipinski definition) is 2. The van der Waals surface area contributed by atoms with Crippen molar-refractivity contribution in [2.75, 3.05) is 0 Å². The molecule has 4 heteroatoms. The number of nitrogens with zero attached hydrogens (tertiary/aromatic N) is 2. The van der Waals surface area contributed by atoms with Crippen molar-refractivity contribution in [1.82, 2.24) is 15.2 Å². The molecule has 1 atom stereocenters. The third-order valence-corrected chi connectivity index (χ3v) is 2.18. The normalized spacial score (nSPS) is 13.6. The molecule has 1 unspecified atom stereocenters. The Labute approximate surface area is 78.9 Å². The average molecular weight is 182 g/mol. The molecule has 0 aromatic carbocycles. The van der Waals surface area contributed by atoms with Gasteiger partial charge in [-0.2, -0.15) is 5.10 Å². The third kappa shape index (κ3) is 2.81. The Morgan fingerprint density at radius 2 is 2.15 bits per heavy atom. The molecular weight excluding hydrogens is 164 g/mol. The fraction of sp³-hybridized carbons (Fsp3) is 0.778. The van der Waals surface area contributed by atoms with Crippen LogP contribution in [0.2, 0.25) is 0 Å². The zero-order chi connectivity index (χ0) is 9.84. The fourth-order valence-electron chi connectivity index (χ4n) is 1.04. The van der Waals surface area contributed by atoms with Crippen molar-refractivity contribution in [3.05, 3.63) is 11.6 Å². The number of aromatic nitrogens is 3. The first kappa shape index (κ1) is 10.2. The summed E-state index contributed by atoms with van der Waals surface area (Å²) in [6.45, 7) is 6.26. The number of aryl methyl sites for hydroxylation is 1. The van der Waals surface area contributed by atoms with E-state index in [1.165, 1.54) is 0 Å². The lowest BCUT2D eigenvalue weighted by molar-refractivity contribution is 0.482. The van der Waals surface area contributed by atoms with Crippen LogP contribution in [0.15, 0.2) is 0 Å². The molecule has 4 nitrogen and oxygen atoms in total. The number of rotatable bonds is 4. The smallest absolute Gasteiger partial charge is 0.150 e. The van der Waals surface area contributed by atoms with Crippen molar-refractivity contribution >= 4 is 0 Å². The van der Waals surface area contributed by atoms with Gasteiger partial charge in [-0.05, 0) is 5.92 Å². The van der Waals surface area contributed by atoms with E-state index in [1.54, 1.807) is 0 Å². The first-order valence-electron chi connectivity index (χ1n) is 4.79. The van der Waals surface area contributed by atoms with Gasteiger partial charge in [0.05, 0.1) is 0 Å². The van der Waals surface area contributed by atoms with Gasteiger partial charge in [-0.25, -0.2) is 4.98 Å². The van der Waals surface area contributed by atoms with Crippen LogP contribution in [0.4, 0.5) is 0 Å². The fourth-order valence-corrected chi connectivity index (χ4v) is 1.04. The summed E-state index contributed by atoms with van der Waals surface area (Å²) in [5, 5.41) is 6.96. The van der Waals surface area contributed by atoms with E-state index in [4.69, 9.17) is 5.73 Å². The first-order chi connectivity index (χ1) is 6.13. The Kier molecular flexibility index (Phi) is 3.42. The number of hydrogen-bond acceptors (Lipinski definition) is 3. The van der Waals surface area contributed by atoms with Crippen molar-refractivity contribution in [3.63, 3.8) is 0 Å². The highest BCUT2D eigenvalue weighted by atomic mass is 15.2. The molecule has 0 amide bonds. The van der Waals surface area contributed by atoms with E-state index in [-0.39, 0.29) is 6.04 Å². The highest BCUT2D eigenvalue weighted by Gasteiger charge is 2.10. The van der Waals surface area contributed by atoms with Crippen molar-refractivity contribution in [2.45, 2.75) is 39.7 Å². The van der Waals surface area contributed by atoms with Crippen LogP contribution in [0, 0.1) is 5.92 Å². The molecule has 1 rings (SSSR count). The van der Waals surface area contributed by atoms with E-state index in [1.807, 2.05) is 6.92 Å². The van der Waals surface area contributed by atoms with Crippen LogP contribution in [0.25, 0.3) is 0 Å². The lowest BCUT2D eigenvalue weighted by Crippen LogP contribution is -2.29. The number of nitrogens with one attached hydrogen (secondary N) is 1. The van der Waals surface area contributed by atoms with Gasteiger partial charge in [0.2, 0.25) is 0 Å². The van der Waals surface area contributed by atoms with Gasteiger partial charge in [-0.1, -0.05) is 20.8 Å². The van der Waals surface area contributed by atoms with Crippen molar-refractivity contribution in [2.24, 2.45) is 11.7 Å². The molecule has 1 heterocycles. The van der Waals surface area contributed by atoms with Crippen LogP contribution >= 0.6 is 0 Å². The van der Waals surface area contributed by atoms with Crippen molar-refractivity contribution in [3.8, 4) is 0 Å². The van der Waals surface area contributed by atoms with Crippen LogP contribution in [-0.4, -0.2) is 21.2 Å². The van der Waals surface area contributed by atoms with Gasteiger partial charge in [-0.3, -0.25) is 5.10 Å². The SMILES string of the molecule is CCc1n[nH]c(CC(N)C(C)C)n1. The van der Waals surface area contributed by atoms with Crippen molar-refractivity contribution in [1.29, 1.82) is 0 Å². The molecule has 74 valence electrons. The molecule has 0 spiro atoms. The monoisotopic (exact) mass is 182 g/mol. The predicted octanol–water partition coefficient (Wildman–Crippen LogP) is 0.893. The summed E-state index contributed by atoms with van der Waals surface area (Å²) >= 11 is 0. The molecule has 13 heavy (non-hydrogen) atoms. The Morgan fingerprint density at radius 3 is 2.62 bits per heavy atom. The summed E-state index contributed by atoms with van der Waals surface area (Å²) in [4.78, 5) is 4.30. The van der Waals surface area contributed by atoms with Gasteiger partial charge < -0.3 is 5.73 Å². The minimum absolute atomic E-state index is 0.164. The minimum Gasteiger partial charge on any atom is -0.327 e. The standard InChI is InChI=1S/C9H18N4/c1-4-8-11-9(13-12-8)5-7(10)6(2)3/h6-7H,4-5,10H2,1-3H3,(H,11,12,13). The molecule has 0 aliphatic heterocycles. The zero-order valence-electron chi connectivity index (χ0n) is 8.54. The van der Waals surface area contributed by atoms with Crippen LogP contribution in [-0.2, 0) is 12.8 Å². The lowest BCUT2D eigenvalue weighted by Gasteiger charge is -2.12. The molecule has 0 aliphatic rings. The van der Waals surface area contributed by atoms with Gasteiger partial charge in [0.25, 0.3) is 0 Å². The van der Waals surface area contributed by atoms with E-state index in [2.05, 4.69) is 29.0 Å². The number of H-pyrrole nitrogens is 1. The summed E-state index contributed by atoms with van der Waals surface area (Å²) < 4.78 is 0. The third-order valence-electron chi connectivity index (χ3n) is 2.18. The highest BCUT2D eigenvalue weighted by molar-refractivity contribution is 4.92. The molecule has 1 aromatic rings. The molecule has 0 fully saturated rings. The second-order valence-electron chi connectivity index (χ2n) is 3.66. The summed E-state index contributed by atoms with van der Waals surface area (Å²) in [5.74, 6) is 2.25. The van der Waals surface area contributed by atoms with Crippen LogP contribution in [0.5, 0.6) is 0 Å². The molecule has 0 saturated carbocycles. The zero-order valence-corrected chi connectivity index (χ0v) is 8.54. The Bertz CT molecular complexity index is 254. The maximum Gasteiger partial charge on any atom is 0.150 e. The quantitative estimate of drug-likeness (QED) is 0.726. The van der Waals surface area contributed by atoms with E-state index in [0.717, 1.165) is 24.5 Å². The molecule has 0 aliphatic carbocycles.